The summed E-state index contributed by atoms with van der Waals surface area (Å²) in [5.74, 6) is 1.82. The number of benzene rings is 1. The van der Waals surface area contributed by atoms with Gasteiger partial charge in [-0.1, -0.05) is 6.92 Å². The number of halogens is 1. The Bertz CT molecular complexity index is 467. The summed E-state index contributed by atoms with van der Waals surface area (Å²) in [6, 6.07) is 5.51. The minimum Gasteiger partial charge on any atom is -0.497 e. The van der Waals surface area contributed by atoms with Crippen molar-refractivity contribution >= 4 is 33.6 Å². The Balaban J connectivity index is 2.18. The molecule has 1 aromatic carbocycles. The zero-order chi connectivity index (χ0) is 13.8. The number of hydrogen-bond donors (Lipinski definition) is 0. The van der Waals surface area contributed by atoms with Gasteiger partial charge >= 0.3 is 0 Å². The first-order valence-electron chi connectivity index (χ1n) is 6.40. The highest BCUT2D eigenvalue weighted by molar-refractivity contribution is 9.10. The predicted octanol–water partition coefficient (Wildman–Crippen LogP) is 3.43. The third-order valence-electron chi connectivity index (χ3n) is 3.29. The van der Waals surface area contributed by atoms with Crippen molar-refractivity contribution in [3.05, 3.63) is 28.2 Å². The molecule has 104 valence electrons. The van der Waals surface area contributed by atoms with Crippen LogP contribution in [0.25, 0.3) is 0 Å². The summed E-state index contributed by atoms with van der Waals surface area (Å²) in [7, 11) is 1.61. The van der Waals surface area contributed by atoms with Crippen molar-refractivity contribution in [3.8, 4) is 5.75 Å². The van der Waals surface area contributed by atoms with Crippen LogP contribution in [-0.2, 0) is 0 Å². The van der Waals surface area contributed by atoms with Crippen LogP contribution in [0.15, 0.2) is 22.7 Å². The highest BCUT2D eigenvalue weighted by Crippen LogP contribution is 2.27. The number of ether oxygens (including phenoxy) is 1. The molecule has 0 N–H and O–H groups in total. The quantitative estimate of drug-likeness (QED) is 0.841. The van der Waals surface area contributed by atoms with E-state index in [2.05, 4.69) is 22.9 Å². The highest BCUT2D eigenvalue weighted by atomic mass is 79.9. The maximum Gasteiger partial charge on any atom is 0.255 e. The molecule has 0 radical (unpaired) electrons. The smallest absolute Gasteiger partial charge is 0.255 e. The fourth-order valence-electron chi connectivity index (χ4n) is 2.12. The Labute approximate surface area is 126 Å². The third-order valence-corrected chi connectivity index (χ3v) is 5.35. The van der Waals surface area contributed by atoms with E-state index in [0.717, 1.165) is 29.7 Å². The monoisotopic (exact) mass is 343 g/mol. The maximum absolute atomic E-state index is 12.6. The molecule has 1 aromatic rings. The van der Waals surface area contributed by atoms with Gasteiger partial charge in [-0.3, -0.25) is 4.79 Å². The summed E-state index contributed by atoms with van der Waals surface area (Å²) in [4.78, 5) is 14.5. The van der Waals surface area contributed by atoms with Crippen LogP contribution < -0.4 is 4.74 Å². The van der Waals surface area contributed by atoms with Crippen molar-refractivity contribution in [2.45, 2.75) is 18.6 Å². The molecular formula is C14H18BrNO2S. The summed E-state index contributed by atoms with van der Waals surface area (Å²) >= 11 is 5.41. The van der Waals surface area contributed by atoms with Crippen LogP contribution in [0.5, 0.6) is 5.75 Å². The van der Waals surface area contributed by atoms with E-state index in [1.165, 1.54) is 0 Å². The lowest BCUT2D eigenvalue weighted by atomic mass is 10.1. The Morgan fingerprint density at radius 3 is 3.05 bits per heavy atom. The molecule has 0 saturated carbocycles. The molecule has 1 heterocycles. The van der Waals surface area contributed by atoms with Crippen LogP contribution in [0.3, 0.4) is 0 Å². The lowest BCUT2D eigenvalue weighted by Crippen LogP contribution is -2.41. The van der Waals surface area contributed by atoms with Crippen molar-refractivity contribution in [2.24, 2.45) is 0 Å². The Morgan fingerprint density at radius 2 is 2.37 bits per heavy atom. The fourth-order valence-corrected chi connectivity index (χ4v) is 3.71. The molecule has 1 atom stereocenters. The van der Waals surface area contributed by atoms with Crippen LogP contribution >= 0.6 is 27.7 Å². The van der Waals surface area contributed by atoms with Gasteiger partial charge in [0.1, 0.15) is 5.75 Å². The van der Waals surface area contributed by atoms with E-state index in [4.69, 9.17) is 4.74 Å². The van der Waals surface area contributed by atoms with Crippen LogP contribution in [-0.4, -0.2) is 42.0 Å². The first-order valence-corrected chi connectivity index (χ1v) is 8.24. The molecule has 19 heavy (non-hydrogen) atoms. The predicted molar refractivity (Wildman–Crippen MR) is 83.1 cm³/mol. The Kier molecular flexibility index (Phi) is 5.16. The number of carbonyl (C=O) groups excluding carboxylic acids is 1. The zero-order valence-electron chi connectivity index (χ0n) is 11.2. The lowest BCUT2D eigenvalue weighted by Gasteiger charge is -2.32. The van der Waals surface area contributed by atoms with Crippen LogP contribution in [0.4, 0.5) is 0 Å². The molecule has 1 aliphatic heterocycles. The summed E-state index contributed by atoms with van der Waals surface area (Å²) < 4.78 is 6.02. The van der Waals surface area contributed by atoms with E-state index < -0.39 is 0 Å². The molecule has 5 heteroatoms. The van der Waals surface area contributed by atoms with E-state index in [1.807, 2.05) is 28.8 Å². The van der Waals surface area contributed by atoms with Gasteiger partial charge in [0.15, 0.2) is 0 Å². The molecule has 1 saturated heterocycles. The fraction of sp³-hybridized carbons (Fsp3) is 0.500. The van der Waals surface area contributed by atoms with Gasteiger partial charge in [-0.05, 0) is 40.5 Å². The second kappa shape index (κ2) is 6.66. The SMILES string of the molecule is CCC1CN(C(=O)c2cc(OC)ccc2Br)CCS1. The van der Waals surface area contributed by atoms with Gasteiger partial charge in [-0.2, -0.15) is 11.8 Å². The average Bonchev–Trinajstić information content (AvgIpc) is 2.47. The largest absolute Gasteiger partial charge is 0.497 e. The zero-order valence-corrected chi connectivity index (χ0v) is 13.6. The summed E-state index contributed by atoms with van der Waals surface area (Å²) in [6.07, 6.45) is 1.10. The van der Waals surface area contributed by atoms with E-state index in [1.54, 1.807) is 13.2 Å². The van der Waals surface area contributed by atoms with Gasteiger partial charge in [0.2, 0.25) is 0 Å². The van der Waals surface area contributed by atoms with Crippen molar-refractivity contribution in [2.75, 3.05) is 26.0 Å². The number of amides is 1. The number of thioether (sulfide) groups is 1. The summed E-state index contributed by atoms with van der Waals surface area (Å²) in [5.41, 5.74) is 0.682. The van der Waals surface area contributed by atoms with E-state index in [0.29, 0.717) is 16.6 Å². The molecule has 1 amide bonds. The lowest BCUT2D eigenvalue weighted by molar-refractivity contribution is 0.0759. The second-order valence-electron chi connectivity index (χ2n) is 4.50. The topological polar surface area (TPSA) is 29.5 Å². The Hall–Kier alpha value is -0.680. The maximum atomic E-state index is 12.6. The van der Waals surface area contributed by atoms with Crippen LogP contribution in [0.1, 0.15) is 23.7 Å². The van der Waals surface area contributed by atoms with Gasteiger partial charge in [0.25, 0.3) is 5.91 Å². The summed E-state index contributed by atoms with van der Waals surface area (Å²) in [6.45, 7) is 3.83. The number of carbonyl (C=O) groups is 1. The minimum absolute atomic E-state index is 0.0875. The van der Waals surface area contributed by atoms with E-state index in [9.17, 15) is 4.79 Å². The van der Waals surface area contributed by atoms with Gasteiger partial charge in [-0.15, -0.1) is 0 Å². The number of nitrogens with zero attached hydrogens (tertiary/aromatic N) is 1. The van der Waals surface area contributed by atoms with Crippen molar-refractivity contribution in [3.63, 3.8) is 0 Å². The van der Waals surface area contributed by atoms with E-state index in [-0.39, 0.29) is 5.91 Å². The molecule has 3 nitrogen and oxygen atoms in total. The number of hydrogen-bond acceptors (Lipinski definition) is 3. The number of methoxy groups -OCH3 is 1. The van der Waals surface area contributed by atoms with Crippen LogP contribution in [0, 0.1) is 0 Å². The normalized spacial score (nSPS) is 19.3. The minimum atomic E-state index is 0.0875. The van der Waals surface area contributed by atoms with Gasteiger partial charge in [0, 0.05) is 28.6 Å². The molecule has 1 aliphatic rings. The molecule has 2 rings (SSSR count). The first kappa shape index (κ1) is 14.7. The van der Waals surface area contributed by atoms with Gasteiger partial charge in [0.05, 0.1) is 12.7 Å². The second-order valence-corrected chi connectivity index (χ2v) is 6.76. The summed E-state index contributed by atoms with van der Waals surface area (Å²) in [5, 5.41) is 0.557. The van der Waals surface area contributed by atoms with E-state index >= 15 is 0 Å². The molecule has 0 aliphatic carbocycles. The van der Waals surface area contributed by atoms with Gasteiger partial charge < -0.3 is 9.64 Å². The highest BCUT2D eigenvalue weighted by Gasteiger charge is 2.25. The van der Waals surface area contributed by atoms with Gasteiger partial charge in [-0.25, -0.2) is 0 Å². The Morgan fingerprint density at radius 1 is 1.58 bits per heavy atom. The standard InChI is InChI=1S/C14H18BrNO2S/c1-3-11-9-16(6-7-19-11)14(17)12-8-10(18-2)4-5-13(12)15/h4-5,8,11H,3,6-7,9H2,1-2H3. The third kappa shape index (κ3) is 3.45. The molecular weight excluding hydrogens is 326 g/mol. The van der Waals surface area contributed by atoms with Crippen molar-refractivity contribution in [1.29, 1.82) is 0 Å². The molecule has 0 aromatic heterocycles. The van der Waals surface area contributed by atoms with Crippen molar-refractivity contribution in [1.82, 2.24) is 4.90 Å². The number of rotatable bonds is 3. The van der Waals surface area contributed by atoms with Crippen LogP contribution in [0.2, 0.25) is 0 Å². The molecule has 0 bridgehead atoms. The molecule has 1 unspecified atom stereocenters. The first-order chi connectivity index (χ1) is 9.15. The molecule has 0 spiro atoms. The average molecular weight is 344 g/mol. The van der Waals surface area contributed by atoms with Crippen molar-refractivity contribution < 1.29 is 9.53 Å². The molecule has 1 fully saturated rings.